The lowest BCUT2D eigenvalue weighted by molar-refractivity contribution is 0.0698. The Morgan fingerprint density at radius 1 is 1.10 bits per heavy atom. The molecule has 1 aromatic carbocycles. The first kappa shape index (κ1) is 20.9. The standard InChI is InChI=1S/C24H28N4O3/c1-15-7-9-28(10-8-15)24(29)21-14-25-23-20(6-5-16(2)26-23)22(21)27-17-11-18(30-3)13-19(12-17)31-4/h5-6,11-15H,7-10H2,1-4H3,(H,25,26,27). The number of aromatic nitrogens is 2. The van der Waals surface area contributed by atoms with E-state index in [9.17, 15) is 4.79 Å². The molecule has 1 aliphatic rings. The lowest BCUT2D eigenvalue weighted by atomic mass is 9.98. The number of piperidine rings is 1. The highest BCUT2D eigenvalue weighted by Crippen LogP contribution is 2.33. The topological polar surface area (TPSA) is 76.6 Å². The van der Waals surface area contributed by atoms with Crippen LogP contribution in [0.5, 0.6) is 11.5 Å². The van der Waals surface area contributed by atoms with Crippen molar-refractivity contribution in [3.8, 4) is 11.5 Å². The molecule has 1 N–H and O–H groups in total. The van der Waals surface area contributed by atoms with Gasteiger partial charge >= 0.3 is 0 Å². The number of carbonyl (C=O) groups excluding carboxylic acids is 1. The summed E-state index contributed by atoms with van der Waals surface area (Å²) in [7, 11) is 3.22. The molecular weight excluding hydrogens is 392 g/mol. The Morgan fingerprint density at radius 3 is 2.42 bits per heavy atom. The maximum absolute atomic E-state index is 13.5. The third-order valence-electron chi connectivity index (χ3n) is 5.79. The van der Waals surface area contributed by atoms with Crippen molar-refractivity contribution in [2.24, 2.45) is 5.92 Å². The summed E-state index contributed by atoms with van der Waals surface area (Å²) in [4.78, 5) is 24.4. The quantitative estimate of drug-likeness (QED) is 0.652. The molecule has 0 aliphatic carbocycles. The fraction of sp³-hybridized carbons (Fsp3) is 0.375. The van der Waals surface area contributed by atoms with Gasteiger partial charge in [-0.1, -0.05) is 6.92 Å². The maximum Gasteiger partial charge on any atom is 0.257 e. The molecule has 3 aromatic rings. The maximum atomic E-state index is 13.5. The Labute approximate surface area is 182 Å². The van der Waals surface area contributed by atoms with Gasteiger partial charge in [-0.05, 0) is 37.8 Å². The first-order valence-corrected chi connectivity index (χ1v) is 10.5. The Hall–Kier alpha value is -3.35. The van der Waals surface area contributed by atoms with Crippen molar-refractivity contribution in [1.29, 1.82) is 0 Å². The zero-order valence-electron chi connectivity index (χ0n) is 18.4. The van der Waals surface area contributed by atoms with Crippen LogP contribution in [0.15, 0.2) is 36.5 Å². The van der Waals surface area contributed by atoms with E-state index < -0.39 is 0 Å². The number of hydrogen-bond donors (Lipinski definition) is 1. The summed E-state index contributed by atoms with van der Waals surface area (Å²) in [6.07, 6.45) is 3.67. The summed E-state index contributed by atoms with van der Waals surface area (Å²) < 4.78 is 10.8. The van der Waals surface area contributed by atoms with Gasteiger partial charge in [-0.2, -0.15) is 0 Å². The fourth-order valence-electron chi connectivity index (χ4n) is 3.87. The van der Waals surface area contributed by atoms with E-state index in [2.05, 4.69) is 22.2 Å². The molecule has 0 unspecified atom stereocenters. The molecule has 0 spiro atoms. The Balaban J connectivity index is 1.80. The monoisotopic (exact) mass is 420 g/mol. The highest BCUT2D eigenvalue weighted by molar-refractivity contribution is 6.07. The Bertz CT molecular complexity index is 1090. The molecule has 1 amide bonds. The number of benzene rings is 1. The van der Waals surface area contributed by atoms with Gasteiger partial charge in [-0.25, -0.2) is 9.97 Å². The number of carbonyl (C=O) groups is 1. The van der Waals surface area contributed by atoms with Crippen LogP contribution >= 0.6 is 0 Å². The molecule has 7 heteroatoms. The van der Waals surface area contributed by atoms with Gasteiger partial charge in [0.1, 0.15) is 11.5 Å². The summed E-state index contributed by atoms with van der Waals surface area (Å²) in [6.45, 7) is 5.68. The van der Waals surface area contributed by atoms with Crippen LogP contribution in [-0.4, -0.2) is 48.1 Å². The minimum absolute atomic E-state index is 0.0146. The van der Waals surface area contributed by atoms with Gasteiger partial charge < -0.3 is 19.7 Å². The van der Waals surface area contributed by atoms with E-state index in [1.807, 2.05) is 42.2 Å². The van der Waals surface area contributed by atoms with Gasteiger partial charge in [0, 0.05) is 54.3 Å². The van der Waals surface area contributed by atoms with Gasteiger partial charge in [0.25, 0.3) is 5.91 Å². The zero-order valence-corrected chi connectivity index (χ0v) is 18.4. The Morgan fingerprint density at radius 2 is 1.77 bits per heavy atom. The van der Waals surface area contributed by atoms with Crippen LogP contribution < -0.4 is 14.8 Å². The number of methoxy groups -OCH3 is 2. The van der Waals surface area contributed by atoms with Crippen molar-refractivity contribution in [1.82, 2.24) is 14.9 Å². The molecule has 2 aromatic heterocycles. The van der Waals surface area contributed by atoms with Crippen molar-refractivity contribution < 1.29 is 14.3 Å². The number of ether oxygens (including phenoxy) is 2. The second-order valence-corrected chi connectivity index (χ2v) is 8.07. The number of fused-ring (bicyclic) bond motifs is 1. The normalized spacial score (nSPS) is 14.5. The molecule has 7 nitrogen and oxygen atoms in total. The first-order valence-electron chi connectivity index (χ1n) is 10.5. The van der Waals surface area contributed by atoms with Crippen LogP contribution in [0.1, 0.15) is 35.8 Å². The largest absolute Gasteiger partial charge is 0.497 e. The molecule has 4 rings (SSSR count). The van der Waals surface area contributed by atoms with E-state index in [4.69, 9.17) is 9.47 Å². The van der Waals surface area contributed by atoms with Crippen molar-refractivity contribution in [2.45, 2.75) is 26.7 Å². The average molecular weight is 421 g/mol. The molecule has 162 valence electrons. The Kier molecular flexibility index (Phi) is 5.93. The summed E-state index contributed by atoms with van der Waals surface area (Å²) in [5, 5.41) is 4.22. The molecule has 1 aliphatic heterocycles. The lowest BCUT2D eigenvalue weighted by Gasteiger charge is -2.31. The number of rotatable bonds is 5. The lowest BCUT2D eigenvalue weighted by Crippen LogP contribution is -2.38. The minimum atomic E-state index is -0.0146. The van der Waals surface area contributed by atoms with Crippen LogP contribution in [0.4, 0.5) is 11.4 Å². The summed E-state index contributed by atoms with van der Waals surface area (Å²) in [6, 6.07) is 9.43. The third kappa shape index (κ3) is 4.40. The fourth-order valence-corrected chi connectivity index (χ4v) is 3.87. The highest BCUT2D eigenvalue weighted by atomic mass is 16.5. The van der Waals surface area contributed by atoms with Crippen LogP contribution in [0.25, 0.3) is 11.0 Å². The average Bonchev–Trinajstić information content (AvgIpc) is 2.78. The molecule has 0 atom stereocenters. The van der Waals surface area contributed by atoms with E-state index in [0.29, 0.717) is 34.3 Å². The third-order valence-corrected chi connectivity index (χ3v) is 5.79. The zero-order chi connectivity index (χ0) is 22.0. The number of pyridine rings is 2. The van der Waals surface area contributed by atoms with E-state index >= 15 is 0 Å². The van der Waals surface area contributed by atoms with E-state index in [1.165, 1.54) is 0 Å². The number of amides is 1. The summed E-state index contributed by atoms with van der Waals surface area (Å²) in [5.41, 5.74) is 3.45. The predicted octanol–water partition coefficient (Wildman–Crippen LogP) is 4.57. The van der Waals surface area contributed by atoms with Gasteiger partial charge in [0.2, 0.25) is 0 Å². The van der Waals surface area contributed by atoms with E-state index in [0.717, 1.165) is 42.7 Å². The molecule has 0 radical (unpaired) electrons. The predicted molar refractivity (Wildman–Crippen MR) is 121 cm³/mol. The summed E-state index contributed by atoms with van der Waals surface area (Å²) in [5.74, 6) is 1.95. The van der Waals surface area contributed by atoms with Gasteiger partial charge in [0.15, 0.2) is 5.65 Å². The molecular formula is C24H28N4O3. The second kappa shape index (κ2) is 8.79. The molecule has 1 saturated heterocycles. The molecule has 0 bridgehead atoms. The first-order chi connectivity index (χ1) is 15.0. The number of nitrogens with zero attached hydrogens (tertiary/aromatic N) is 3. The number of likely N-dealkylation sites (tertiary alicyclic amines) is 1. The smallest absolute Gasteiger partial charge is 0.257 e. The number of hydrogen-bond acceptors (Lipinski definition) is 6. The van der Waals surface area contributed by atoms with Crippen molar-refractivity contribution in [3.63, 3.8) is 0 Å². The van der Waals surface area contributed by atoms with Crippen molar-refractivity contribution >= 4 is 28.3 Å². The number of nitrogens with one attached hydrogen (secondary N) is 1. The van der Waals surface area contributed by atoms with Crippen molar-refractivity contribution in [2.75, 3.05) is 32.6 Å². The van der Waals surface area contributed by atoms with Gasteiger partial charge in [-0.3, -0.25) is 4.79 Å². The van der Waals surface area contributed by atoms with Crippen molar-refractivity contribution in [3.05, 3.63) is 47.8 Å². The molecule has 0 saturated carbocycles. The second-order valence-electron chi connectivity index (χ2n) is 8.07. The molecule has 31 heavy (non-hydrogen) atoms. The van der Waals surface area contributed by atoms with Crippen LogP contribution in [0, 0.1) is 12.8 Å². The number of anilines is 2. The highest BCUT2D eigenvalue weighted by Gasteiger charge is 2.25. The van der Waals surface area contributed by atoms with E-state index in [1.54, 1.807) is 20.4 Å². The molecule has 3 heterocycles. The number of aryl methyl sites for hydroxylation is 1. The van der Waals surface area contributed by atoms with Crippen LogP contribution in [0.3, 0.4) is 0 Å². The van der Waals surface area contributed by atoms with Gasteiger partial charge in [-0.15, -0.1) is 0 Å². The van der Waals surface area contributed by atoms with Crippen LogP contribution in [0.2, 0.25) is 0 Å². The summed E-state index contributed by atoms with van der Waals surface area (Å²) >= 11 is 0. The minimum Gasteiger partial charge on any atom is -0.497 e. The molecule has 1 fully saturated rings. The SMILES string of the molecule is COc1cc(Nc2c(C(=O)N3CCC(C)CC3)cnc3nc(C)ccc23)cc(OC)c1. The van der Waals surface area contributed by atoms with Crippen LogP contribution in [-0.2, 0) is 0 Å². The van der Waals surface area contributed by atoms with Gasteiger partial charge in [0.05, 0.1) is 25.5 Å². The van der Waals surface area contributed by atoms with E-state index in [-0.39, 0.29) is 5.91 Å².